The maximum Gasteiger partial charge on any atom is 0.308 e. The minimum Gasteiger partial charge on any atom is -0.481 e. The summed E-state index contributed by atoms with van der Waals surface area (Å²) >= 11 is 0. The third kappa shape index (κ3) is 3.68. The highest BCUT2D eigenvalue weighted by Crippen LogP contribution is 2.31. The van der Waals surface area contributed by atoms with Gasteiger partial charge in [-0.2, -0.15) is 0 Å². The summed E-state index contributed by atoms with van der Waals surface area (Å²) in [5.74, 6) is -1.19. The summed E-state index contributed by atoms with van der Waals surface area (Å²) in [7, 11) is 0. The number of hydrogen-bond donors (Lipinski definition) is 2. The Balaban J connectivity index is 2.46. The zero-order valence-corrected chi connectivity index (χ0v) is 10.9. The van der Waals surface area contributed by atoms with Gasteiger partial charge in [-0.15, -0.1) is 0 Å². The Bertz CT molecular complexity index is 254. The van der Waals surface area contributed by atoms with Crippen LogP contribution in [-0.4, -0.2) is 34.5 Å². The van der Waals surface area contributed by atoms with Crippen LogP contribution in [0.1, 0.15) is 46.5 Å². The summed E-state index contributed by atoms with van der Waals surface area (Å²) in [6.45, 7) is 5.71. The number of aliphatic hydroxyl groups excluding tert-OH is 1. The van der Waals surface area contributed by atoms with Crippen LogP contribution in [0.3, 0.4) is 0 Å². The van der Waals surface area contributed by atoms with Gasteiger partial charge in [0.25, 0.3) is 0 Å². The van der Waals surface area contributed by atoms with E-state index in [-0.39, 0.29) is 24.2 Å². The van der Waals surface area contributed by atoms with Gasteiger partial charge in [0.2, 0.25) is 0 Å². The number of aliphatic hydroxyl groups is 1. The second kappa shape index (κ2) is 6.36. The molecule has 1 heterocycles. The molecule has 0 unspecified atom stereocenters. The lowest BCUT2D eigenvalue weighted by Gasteiger charge is -2.25. The molecule has 1 rings (SSSR count). The first-order chi connectivity index (χ1) is 7.97. The second-order valence-electron chi connectivity index (χ2n) is 5.13. The molecule has 0 aromatic rings. The summed E-state index contributed by atoms with van der Waals surface area (Å²) in [6.07, 6.45) is 2.82. The van der Waals surface area contributed by atoms with Crippen molar-refractivity contribution in [2.75, 3.05) is 0 Å². The van der Waals surface area contributed by atoms with E-state index in [1.165, 1.54) is 0 Å². The van der Waals surface area contributed by atoms with E-state index in [4.69, 9.17) is 9.84 Å². The maximum atomic E-state index is 10.9. The fourth-order valence-electron chi connectivity index (χ4n) is 2.41. The predicted octanol–water partition coefficient (Wildman–Crippen LogP) is 2.05. The number of carboxylic acids is 1. The standard InChI is InChI=1S/C13H24O4/c1-4-5-10(14)8(2)11-6-7-12(17-11)9(3)13(15)16/h8-12,14H,4-7H2,1-3H3,(H,15,16)/t8-,9-,10+,11+,12-/m1/s1. The Morgan fingerprint density at radius 1 is 1.35 bits per heavy atom. The fraction of sp³-hybridized carbons (Fsp3) is 0.923. The van der Waals surface area contributed by atoms with Gasteiger partial charge in [-0.25, -0.2) is 0 Å². The van der Waals surface area contributed by atoms with Crippen LogP contribution in [-0.2, 0) is 9.53 Å². The van der Waals surface area contributed by atoms with Crippen molar-refractivity contribution in [3.63, 3.8) is 0 Å². The van der Waals surface area contributed by atoms with Gasteiger partial charge in [0.15, 0.2) is 0 Å². The number of carbonyl (C=O) groups is 1. The number of carboxylic acid groups (broad SMARTS) is 1. The topological polar surface area (TPSA) is 66.8 Å². The molecule has 0 aromatic carbocycles. The van der Waals surface area contributed by atoms with Crippen molar-refractivity contribution in [2.24, 2.45) is 11.8 Å². The van der Waals surface area contributed by atoms with Crippen LogP contribution < -0.4 is 0 Å². The third-order valence-electron chi connectivity index (χ3n) is 3.81. The molecule has 0 saturated carbocycles. The first kappa shape index (κ1) is 14.5. The Morgan fingerprint density at radius 2 is 1.94 bits per heavy atom. The van der Waals surface area contributed by atoms with Crippen molar-refractivity contribution < 1.29 is 19.7 Å². The maximum absolute atomic E-state index is 10.9. The largest absolute Gasteiger partial charge is 0.481 e. The molecule has 0 aliphatic carbocycles. The molecule has 17 heavy (non-hydrogen) atoms. The minimum atomic E-state index is -0.808. The lowest BCUT2D eigenvalue weighted by Crippen LogP contribution is -2.32. The number of aliphatic carboxylic acids is 1. The Hall–Kier alpha value is -0.610. The molecule has 0 bridgehead atoms. The summed E-state index contributed by atoms with van der Waals surface area (Å²) in [5.41, 5.74) is 0. The fourth-order valence-corrected chi connectivity index (χ4v) is 2.41. The van der Waals surface area contributed by atoms with E-state index >= 15 is 0 Å². The third-order valence-corrected chi connectivity index (χ3v) is 3.81. The molecule has 4 heteroatoms. The van der Waals surface area contributed by atoms with E-state index in [0.29, 0.717) is 0 Å². The molecular weight excluding hydrogens is 220 g/mol. The SMILES string of the molecule is CCC[C@H](O)[C@@H](C)[C@@H]1CC[C@H]([C@@H](C)C(=O)O)O1. The molecule has 2 N–H and O–H groups in total. The second-order valence-corrected chi connectivity index (χ2v) is 5.13. The number of rotatable bonds is 6. The molecule has 0 aromatic heterocycles. The smallest absolute Gasteiger partial charge is 0.308 e. The van der Waals surface area contributed by atoms with Gasteiger partial charge in [0, 0.05) is 5.92 Å². The van der Waals surface area contributed by atoms with Crippen LogP contribution >= 0.6 is 0 Å². The molecule has 0 radical (unpaired) electrons. The summed E-state index contributed by atoms with van der Waals surface area (Å²) in [5, 5.41) is 18.8. The number of ether oxygens (including phenoxy) is 1. The number of hydrogen-bond acceptors (Lipinski definition) is 3. The highest BCUT2D eigenvalue weighted by atomic mass is 16.5. The van der Waals surface area contributed by atoms with Crippen molar-refractivity contribution in [1.82, 2.24) is 0 Å². The van der Waals surface area contributed by atoms with Gasteiger partial charge in [0.1, 0.15) is 0 Å². The van der Waals surface area contributed by atoms with Crippen LogP contribution in [0.5, 0.6) is 0 Å². The minimum absolute atomic E-state index is 0.00310. The monoisotopic (exact) mass is 244 g/mol. The Morgan fingerprint density at radius 3 is 2.47 bits per heavy atom. The van der Waals surface area contributed by atoms with E-state index in [1.54, 1.807) is 6.92 Å². The first-order valence-corrected chi connectivity index (χ1v) is 6.53. The molecular formula is C13H24O4. The molecule has 0 amide bonds. The van der Waals surface area contributed by atoms with Gasteiger partial charge in [0.05, 0.1) is 24.2 Å². The molecule has 1 aliphatic heterocycles. The van der Waals surface area contributed by atoms with Gasteiger partial charge < -0.3 is 14.9 Å². The summed E-state index contributed by atoms with van der Waals surface area (Å²) in [4.78, 5) is 10.9. The lowest BCUT2D eigenvalue weighted by molar-refractivity contribution is -0.147. The highest BCUT2D eigenvalue weighted by Gasteiger charge is 2.36. The average molecular weight is 244 g/mol. The van der Waals surface area contributed by atoms with Gasteiger partial charge >= 0.3 is 5.97 Å². The van der Waals surface area contributed by atoms with Crippen molar-refractivity contribution in [1.29, 1.82) is 0 Å². The molecule has 4 nitrogen and oxygen atoms in total. The first-order valence-electron chi connectivity index (χ1n) is 6.53. The van der Waals surface area contributed by atoms with Crippen molar-refractivity contribution >= 4 is 5.97 Å². The Labute approximate surface area is 103 Å². The van der Waals surface area contributed by atoms with Crippen LogP contribution in [0.4, 0.5) is 0 Å². The van der Waals surface area contributed by atoms with Crippen LogP contribution in [0.2, 0.25) is 0 Å². The lowest BCUT2D eigenvalue weighted by atomic mass is 9.93. The van der Waals surface area contributed by atoms with Gasteiger partial charge in [-0.05, 0) is 26.2 Å². The average Bonchev–Trinajstić information content (AvgIpc) is 2.76. The summed E-state index contributed by atoms with van der Waals surface area (Å²) < 4.78 is 5.77. The predicted molar refractivity (Wildman–Crippen MR) is 64.8 cm³/mol. The quantitative estimate of drug-likeness (QED) is 0.750. The van der Waals surface area contributed by atoms with Crippen LogP contribution in [0, 0.1) is 11.8 Å². The van der Waals surface area contributed by atoms with Crippen molar-refractivity contribution in [2.45, 2.75) is 64.8 Å². The zero-order valence-electron chi connectivity index (χ0n) is 10.9. The van der Waals surface area contributed by atoms with Gasteiger partial charge in [-0.1, -0.05) is 20.3 Å². The molecule has 1 aliphatic rings. The van der Waals surface area contributed by atoms with Crippen molar-refractivity contribution in [3.8, 4) is 0 Å². The van der Waals surface area contributed by atoms with E-state index in [2.05, 4.69) is 0 Å². The molecule has 0 spiro atoms. The van der Waals surface area contributed by atoms with E-state index in [1.807, 2.05) is 13.8 Å². The van der Waals surface area contributed by atoms with Crippen LogP contribution in [0.25, 0.3) is 0 Å². The molecule has 100 valence electrons. The Kier molecular flexibility index (Phi) is 5.40. The van der Waals surface area contributed by atoms with Crippen LogP contribution in [0.15, 0.2) is 0 Å². The van der Waals surface area contributed by atoms with E-state index < -0.39 is 11.9 Å². The van der Waals surface area contributed by atoms with E-state index in [0.717, 1.165) is 25.7 Å². The normalized spacial score (nSPS) is 29.9. The highest BCUT2D eigenvalue weighted by molar-refractivity contribution is 5.70. The van der Waals surface area contributed by atoms with Crippen molar-refractivity contribution in [3.05, 3.63) is 0 Å². The van der Waals surface area contributed by atoms with Gasteiger partial charge in [-0.3, -0.25) is 4.79 Å². The van der Waals surface area contributed by atoms with E-state index in [9.17, 15) is 9.90 Å². The summed E-state index contributed by atoms with van der Waals surface area (Å²) in [6, 6.07) is 0. The molecule has 1 fully saturated rings. The molecule has 1 saturated heterocycles. The molecule has 5 atom stereocenters. The zero-order chi connectivity index (χ0) is 13.0.